The molecule has 0 radical (unpaired) electrons. The molecule has 0 bridgehead atoms. The van der Waals surface area contributed by atoms with E-state index in [1.54, 1.807) is 31.2 Å². The molecule has 0 N–H and O–H groups in total. The zero-order valence-corrected chi connectivity index (χ0v) is 11.2. The zero-order chi connectivity index (χ0) is 13.8. The van der Waals surface area contributed by atoms with Crippen molar-refractivity contribution in [2.75, 3.05) is 6.61 Å². The van der Waals surface area contributed by atoms with E-state index in [0.29, 0.717) is 23.8 Å². The van der Waals surface area contributed by atoms with Gasteiger partial charge in [-0.2, -0.15) is 0 Å². The lowest BCUT2D eigenvalue weighted by molar-refractivity contribution is -0.151. The van der Waals surface area contributed by atoms with Crippen molar-refractivity contribution in [3.63, 3.8) is 0 Å². The van der Waals surface area contributed by atoms with E-state index in [4.69, 9.17) is 9.47 Å². The second-order valence-electron chi connectivity index (χ2n) is 4.92. The van der Waals surface area contributed by atoms with Gasteiger partial charge in [-0.05, 0) is 44.7 Å². The van der Waals surface area contributed by atoms with Crippen molar-refractivity contribution in [3.8, 4) is 5.75 Å². The maximum atomic E-state index is 11.7. The number of carbonyl (C=O) groups excluding carboxylic acids is 2. The van der Waals surface area contributed by atoms with Gasteiger partial charge in [0.1, 0.15) is 5.75 Å². The van der Waals surface area contributed by atoms with Crippen LogP contribution >= 0.6 is 0 Å². The van der Waals surface area contributed by atoms with Crippen molar-refractivity contribution in [3.05, 3.63) is 29.8 Å². The number of hydrogen-bond acceptors (Lipinski definition) is 4. The Balaban J connectivity index is 1.89. The summed E-state index contributed by atoms with van der Waals surface area (Å²) in [6, 6.07) is 6.80. The molecule has 1 aromatic rings. The van der Waals surface area contributed by atoms with Crippen molar-refractivity contribution >= 4 is 11.8 Å². The Morgan fingerprint density at radius 2 is 2.11 bits per heavy atom. The minimum Gasteiger partial charge on any atom is -0.479 e. The highest BCUT2D eigenvalue weighted by Crippen LogP contribution is 2.29. The van der Waals surface area contributed by atoms with Crippen LogP contribution in [-0.2, 0) is 9.53 Å². The summed E-state index contributed by atoms with van der Waals surface area (Å²) in [6.07, 6.45) is 1.62. The second kappa shape index (κ2) is 5.87. The number of benzene rings is 1. The van der Waals surface area contributed by atoms with Crippen LogP contribution in [0.1, 0.15) is 37.0 Å². The quantitative estimate of drug-likeness (QED) is 0.584. The molecule has 1 aromatic carbocycles. The molecule has 4 nitrogen and oxygen atoms in total. The Morgan fingerprint density at radius 1 is 1.37 bits per heavy atom. The first kappa shape index (κ1) is 13.6. The summed E-state index contributed by atoms with van der Waals surface area (Å²) < 4.78 is 10.6. The van der Waals surface area contributed by atoms with E-state index in [0.717, 1.165) is 12.8 Å². The van der Waals surface area contributed by atoms with Crippen molar-refractivity contribution in [2.45, 2.75) is 32.8 Å². The Morgan fingerprint density at radius 3 is 2.74 bits per heavy atom. The highest BCUT2D eigenvalue weighted by molar-refractivity contribution is 5.94. The van der Waals surface area contributed by atoms with E-state index in [1.807, 2.05) is 0 Å². The molecule has 0 spiro atoms. The summed E-state index contributed by atoms with van der Waals surface area (Å²) in [5.74, 6) is 0.648. The fourth-order valence-electron chi connectivity index (χ4n) is 1.64. The van der Waals surface area contributed by atoms with Gasteiger partial charge in [0.2, 0.25) is 0 Å². The lowest BCUT2D eigenvalue weighted by Gasteiger charge is -2.14. The molecule has 0 aromatic heterocycles. The number of ether oxygens (including phenoxy) is 2. The van der Waals surface area contributed by atoms with Crippen LogP contribution in [-0.4, -0.2) is 24.5 Å². The fraction of sp³-hybridized carbons (Fsp3) is 0.467. The number of hydrogen-bond donors (Lipinski definition) is 0. The lowest BCUT2D eigenvalue weighted by Crippen LogP contribution is -2.26. The highest BCUT2D eigenvalue weighted by atomic mass is 16.6. The first-order valence-corrected chi connectivity index (χ1v) is 6.50. The standard InChI is InChI=1S/C15H18O4/c1-10(16)13-4-3-5-14(8-13)19-11(2)15(17)18-9-12-6-7-12/h3-5,8,11-12H,6-7,9H2,1-2H3. The smallest absolute Gasteiger partial charge is 0.347 e. The minimum absolute atomic E-state index is 0.0330. The topological polar surface area (TPSA) is 52.6 Å². The van der Waals surface area contributed by atoms with Crippen LogP contribution in [0, 0.1) is 5.92 Å². The monoisotopic (exact) mass is 262 g/mol. The van der Waals surface area contributed by atoms with E-state index in [1.165, 1.54) is 6.92 Å². The molecule has 0 amide bonds. The number of rotatable bonds is 6. The van der Waals surface area contributed by atoms with E-state index < -0.39 is 6.10 Å². The Labute approximate surface area is 112 Å². The minimum atomic E-state index is -0.666. The first-order valence-electron chi connectivity index (χ1n) is 6.50. The van der Waals surface area contributed by atoms with Gasteiger partial charge >= 0.3 is 5.97 Å². The molecule has 2 rings (SSSR count). The van der Waals surface area contributed by atoms with Gasteiger partial charge in [0.15, 0.2) is 11.9 Å². The molecular weight excluding hydrogens is 244 g/mol. The van der Waals surface area contributed by atoms with Gasteiger partial charge in [-0.15, -0.1) is 0 Å². The van der Waals surface area contributed by atoms with Crippen LogP contribution in [0.4, 0.5) is 0 Å². The zero-order valence-electron chi connectivity index (χ0n) is 11.2. The first-order chi connectivity index (χ1) is 9.06. The van der Waals surface area contributed by atoms with Gasteiger partial charge in [0.05, 0.1) is 6.61 Å². The average Bonchev–Trinajstić information content (AvgIpc) is 3.20. The summed E-state index contributed by atoms with van der Waals surface area (Å²) in [5, 5.41) is 0. The molecule has 1 aliphatic carbocycles. The van der Waals surface area contributed by atoms with Gasteiger partial charge in [0.25, 0.3) is 0 Å². The molecule has 1 aliphatic rings. The van der Waals surface area contributed by atoms with Gasteiger partial charge in [-0.3, -0.25) is 4.79 Å². The van der Waals surface area contributed by atoms with E-state index in [9.17, 15) is 9.59 Å². The molecule has 1 atom stereocenters. The maximum absolute atomic E-state index is 11.7. The Hall–Kier alpha value is -1.84. The number of esters is 1. The van der Waals surface area contributed by atoms with Gasteiger partial charge in [-0.25, -0.2) is 4.79 Å². The van der Waals surface area contributed by atoms with Gasteiger partial charge in [0, 0.05) is 5.56 Å². The third-order valence-corrected chi connectivity index (χ3v) is 3.04. The van der Waals surface area contributed by atoms with Crippen LogP contribution in [0.3, 0.4) is 0 Å². The molecule has 0 aliphatic heterocycles. The third-order valence-electron chi connectivity index (χ3n) is 3.04. The lowest BCUT2D eigenvalue weighted by atomic mass is 10.1. The molecular formula is C15H18O4. The van der Waals surface area contributed by atoms with Crippen molar-refractivity contribution in [1.82, 2.24) is 0 Å². The normalized spacial score (nSPS) is 15.7. The number of Topliss-reactive ketones (excluding diaryl/α,β-unsaturated/α-hetero) is 1. The molecule has 0 heterocycles. The largest absolute Gasteiger partial charge is 0.479 e. The predicted octanol–water partition coefficient (Wildman–Crippen LogP) is 2.61. The predicted molar refractivity (Wildman–Crippen MR) is 70.2 cm³/mol. The average molecular weight is 262 g/mol. The maximum Gasteiger partial charge on any atom is 0.347 e. The van der Waals surface area contributed by atoms with Crippen LogP contribution in [0.5, 0.6) is 5.75 Å². The summed E-state index contributed by atoms with van der Waals surface area (Å²) in [4.78, 5) is 22.9. The number of carbonyl (C=O) groups is 2. The van der Waals surface area contributed by atoms with Crippen molar-refractivity contribution in [2.24, 2.45) is 5.92 Å². The van der Waals surface area contributed by atoms with Crippen molar-refractivity contribution in [1.29, 1.82) is 0 Å². The van der Waals surface area contributed by atoms with Crippen LogP contribution < -0.4 is 4.74 Å². The molecule has 0 saturated heterocycles. The summed E-state index contributed by atoms with van der Waals surface area (Å²) in [7, 11) is 0. The molecule has 1 fully saturated rings. The van der Waals surface area contributed by atoms with Crippen LogP contribution in [0.25, 0.3) is 0 Å². The van der Waals surface area contributed by atoms with E-state index >= 15 is 0 Å². The Bertz CT molecular complexity index is 477. The van der Waals surface area contributed by atoms with Crippen molar-refractivity contribution < 1.29 is 19.1 Å². The van der Waals surface area contributed by atoms with Crippen LogP contribution in [0.15, 0.2) is 24.3 Å². The fourth-order valence-corrected chi connectivity index (χ4v) is 1.64. The summed E-state index contributed by atoms with van der Waals surface area (Å²) >= 11 is 0. The third kappa shape index (κ3) is 4.09. The number of ketones is 1. The van der Waals surface area contributed by atoms with Gasteiger partial charge in [-0.1, -0.05) is 12.1 Å². The van der Waals surface area contributed by atoms with Crippen LogP contribution in [0.2, 0.25) is 0 Å². The Kier molecular flexibility index (Phi) is 4.20. The molecule has 19 heavy (non-hydrogen) atoms. The molecule has 1 unspecified atom stereocenters. The SMILES string of the molecule is CC(=O)c1cccc(OC(C)C(=O)OCC2CC2)c1. The summed E-state index contributed by atoms with van der Waals surface area (Å²) in [5.41, 5.74) is 0.566. The molecule has 102 valence electrons. The van der Waals surface area contributed by atoms with Gasteiger partial charge < -0.3 is 9.47 Å². The summed E-state index contributed by atoms with van der Waals surface area (Å²) in [6.45, 7) is 3.63. The van der Waals surface area contributed by atoms with E-state index in [2.05, 4.69) is 0 Å². The molecule has 4 heteroatoms. The highest BCUT2D eigenvalue weighted by Gasteiger charge is 2.25. The molecule has 1 saturated carbocycles. The van der Waals surface area contributed by atoms with E-state index in [-0.39, 0.29) is 11.8 Å². The second-order valence-corrected chi connectivity index (χ2v) is 4.92.